The van der Waals surface area contributed by atoms with Crippen LogP contribution in [0.25, 0.3) is 0 Å². The van der Waals surface area contributed by atoms with Crippen molar-refractivity contribution >= 4 is 11.3 Å². The third-order valence-electron chi connectivity index (χ3n) is 3.62. The molecule has 1 atom stereocenters. The number of nitrogens with zero attached hydrogens (tertiary/aromatic N) is 2. The summed E-state index contributed by atoms with van der Waals surface area (Å²) < 4.78 is 1.98. The van der Waals surface area contributed by atoms with Gasteiger partial charge in [-0.1, -0.05) is 0 Å². The Kier molecular flexibility index (Phi) is 3.48. The highest BCUT2D eigenvalue weighted by molar-refractivity contribution is 7.10. The minimum Gasteiger partial charge on any atom is -0.306 e. The van der Waals surface area contributed by atoms with Gasteiger partial charge < -0.3 is 5.32 Å². The molecule has 96 valence electrons. The zero-order chi connectivity index (χ0) is 12.4. The van der Waals surface area contributed by atoms with Crippen molar-refractivity contribution in [2.24, 2.45) is 0 Å². The Morgan fingerprint density at radius 2 is 2.50 bits per heavy atom. The van der Waals surface area contributed by atoms with Gasteiger partial charge in [0.05, 0.1) is 6.20 Å². The third kappa shape index (κ3) is 2.35. The van der Waals surface area contributed by atoms with Gasteiger partial charge in [-0.25, -0.2) is 0 Å². The second kappa shape index (κ2) is 5.24. The lowest BCUT2D eigenvalue weighted by Crippen LogP contribution is -2.23. The standard InChI is InChI=1S/C14H19N3S/c1-2-17-10-11(9-16-17)8-15-13-4-3-5-14-12(13)6-7-18-14/h6-7,9-10,13,15H,2-5,8H2,1H3. The normalized spacial score (nSPS) is 18.8. The molecule has 0 saturated carbocycles. The number of aromatic nitrogens is 2. The summed E-state index contributed by atoms with van der Waals surface area (Å²) in [5, 5.41) is 10.2. The highest BCUT2D eigenvalue weighted by Gasteiger charge is 2.20. The second-order valence-electron chi connectivity index (χ2n) is 4.83. The Morgan fingerprint density at radius 3 is 3.33 bits per heavy atom. The number of hydrogen-bond donors (Lipinski definition) is 1. The number of fused-ring (bicyclic) bond motifs is 1. The van der Waals surface area contributed by atoms with E-state index in [1.807, 2.05) is 22.2 Å². The number of hydrogen-bond acceptors (Lipinski definition) is 3. The van der Waals surface area contributed by atoms with Crippen LogP contribution in [0.15, 0.2) is 23.8 Å². The zero-order valence-electron chi connectivity index (χ0n) is 10.7. The van der Waals surface area contributed by atoms with Crippen molar-refractivity contribution < 1.29 is 0 Å². The fourth-order valence-corrected chi connectivity index (χ4v) is 3.60. The predicted molar refractivity (Wildman–Crippen MR) is 74.7 cm³/mol. The van der Waals surface area contributed by atoms with Crippen molar-refractivity contribution in [3.63, 3.8) is 0 Å². The first kappa shape index (κ1) is 11.9. The summed E-state index contributed by atoms with van der Waals surface area (Å²) in [5.41, 5.74) is 2.80. The molecule has 0 saturated heterocycles. The van der Waals surface area contributed by atoms with Gasteiger partial charge in [-0.15, -0.1) is 11.3 Å². The van der Waals surface area contributed by atoms with E-state index in [0.29, 0.717) is 6.04 Å². The Hall–Kier alpha value is -1.13. The van der Waals surface area contributed by atoms with Crippen LogP contribution in [-0.2, 0) is 19.5 Å². The van der Waals surface area contributed by atoms with E-state index in [4.69, 9.17) is 0 Å². The first-order valence-electron chi connectivity index (χ1n) is 6.68. The summed E-state index contributed by atoms with van der Waals surface area (Å²) in [6.07, 6.45) is 7.92. The van der Waals surface area contributed by atoms with Crippen molar-refractivity contribution in [3.05, 3.63) is 39.8 Å². The molecule has 0 bridgehead atoms. The largest absolute Gasteiger partial charge is 0.306 e. The van der Waals surface area contributed by atoms with E-state index in [-0.39, 0.29) is 0 Å². The van der Waals surface area contributed by atoms with E-state index in [1.54, 1.807) is 4.88 Å². The summed E-state index contributed by atoms with van der Waals surface area (Å²) in [7, 11) is 0. The minimum atomic E-state index is 0.532. The number of rotatable bonds is 4. The average molecular weight is 261 g/mol. The lowest BCUT2D eigenvalue weighted by atomic mass is 9.94. The van der Waals surface area contributed by atoms with Crippen molar-refractivity contribution in [1.82, 2.24) is 15.1 Å². The summed E-state index contributed by atoms with van der Waals surface area (Å²) in [5.74, 6) is 0. The van der Waals surface area contributed by atoms with Crippen LogP contribution >= 0.6 is 11.3 Å². The maximum absolute atomic E-state index is 4.31. The molecule has 0 fully saturated rings. The van der Waals surface area contributed by atoms with Crippen molar-refractivity contribution in [2.75, 3.05) is 0 Å². The molecule has 1 N–H and O–H groups in total. The molecule has 2 aromatic heterocycles. The molecule has 1 unspecified atom stereocenters. The molecule has 3 rings (SSSR count). The summed E-state index contributed by atoms with van der Waals surface area (Å²) in [6, 6.07) is 2.82. The number of aryl methyl sites for hydroxylation is 2. The molecule has 4 heteroatoms. The molecule has 2 heterocycles. The maximum atomic E-state index is 4.31. The highest BCUT2D eigenvalue weighted by Crippen LogP contribution is 2.33. The molecule has 0 aliphatic heterocycles. The smallest absolute Gasteiger partial charge is 0.0534 e. The molecular weight excluding hydrogens is 242 g/mol. The zero-order valence-corrected chi connectivity index (χ0v) is 11.5. The Labute approximate surface area is 112 Å². The Morgan fingerprint density at radius 1 is 1.56 bits per heavy atom. The molecule has 0 amide bonds. The average Bonchev–Trinajstić information content (AvgIpc) is 3.05. The van der Waals surface area contributed by atoms with Gasteiger partial charge in [-0.3, -0.25) is 4.68 Å². The van der Waals surface area contributed by atoms with Crippen molar-refractivity contribution in [3.8, 4) is 0 Å². The van der Waals surface area contributed by atoms with E-state index < -0.39 is 0 Å². The molecule has 0 spiro atoms. The SMILES string of the molecule is CCn1cc(CNC2CCCc3sccc32)cn1. The van der Waals surface area contributed by atoms with E-state index >= 15 is 0 Å². The quantitative estimate of drug-likeness (QED) is 0.916. The first-order valence-corrected chi connectivity index (χ1v) is 7.55. The second-order valence-corrected chi connectivity index (χ2v) is 5.83. The van der Waals surface area contributed by atoms with Gasteiger partial charge in [0, 0.05) is 35.8 Å². The Balaban J connectivity index is 1.64. The molecule has 0 aromatic carbocycles. The van der Waals surface area contributed by atoms with Crippen LogP contribution in [0.2, 0.25) is 0 Å². The van der Waals surface area contributed by atoms with Crippen LogP contribution in [0, 0.1) is 0 Å². The van der Waals surface area contributed by atoms with Crippen molar-refractivity contribution in [2.45, 2.75) is 45.3 Å². The van der Waals surface area contributed by atoms with Gasteiger partial charge in [-0.2, -0.15) is 5.10 Å². The van der Waals surface area contributed by atoms with E-state index in [2.05, 4.69) is 35.0 Å². The van der Waals surface area contributed by atoms with Crippen molar-refractivity contribution in [1.29, 1.82) is 0 Å². The lowest BCUT2D eigenvalue weighted by molar-refractivity contribution is 0.463. The molecule has 0 radical (unpaired) electrons. The number of thiophene rings is 1. The van der Waals surface area contributed by atoms with E-state index in [0.717, 1.165) is 13.1 Å². The van der Waals surface area contributed by atoms with E-state index in [9.17, 15) is 0 Å². The molecule has 2 aromatic rings. The van der Waals surface area contributed by atoms with Crippen LogP contribution in [-0.4, -0.2) is 9.78 Å². The lowest BCUT2D eigenvalue weighted by Gasteiger charge is -2.23. The van der Waals surface area contributed by atoms with Crippen LogP contribution < -0.4 is 5.32 Å². The molecule has 1 aliphatic carbocycles. The predicted octanol–water partition coefficient (Wildman–Crippen LogP) is 3.13. The maximum Gasteiger partial charge on any atom is 0.0534 e. The fraction of sp³-hybridized carbons (Fsp3) is 0.500. The van der Waals surface area contributed by atoms with Gasteiger partial charge in [0.1, 0.15) is 0 Å². The highest BCUT2D eigenvalue weighted by atomic mass is 32.1. The van der Waals surface area contributed by atoms with Crippen LogP contribution in [0.3, 0.4) is 0 Å². The fourth-order valence-electron chi connectivity index (χ4n) is 2.61. The summed E-state index contributed by atoms with van der Waals surface area (Å²) >= 11 is 1.90. The topological polar surface area (TPSA) is 29.9 Å². The van der Waals surface area contributed by atoms with Gasteiger partial charge in [0.15, 0.2) is 0 Å². The summed E-state index contributed by atoms with van der Waals surface area (Å²) in [4.78, 5) is 1.57. The molecule has 1 aliphatic rings. The van der Waals surface area contributed by atoms with Crippen LogP contribution in [0.4, 0.5) is 0 Å². The summed E-state index contributed by atoms with van der Waals surface area (Å²) in [6.45, 7) is 3.97. The van der Waals surface area contributed by atoms with Gasteiger partial charge in [0.2, 0.25) is 0 Å². The number of nitrogens with one attached hydrogen (secondary N) is 1. The van der Waals surface area contributed by atoms with E-state index in [1.165, 1.54) is 30.4 Å². The monoisotopic (exact) mass is 261 g/mol. The van der Waals surface area contributed by atoms with Crippen LogP contribution in [0.1, 0.15) is 41.8 Å². The molecular formula is C14H19N3S. The first-order chi connectivity index (χ1) is 8.86. The van der Waals surface area contributed by atoms with Gasteiger partial charge >= 0.3 is 0 Å². The van der Waals surface area contributed by atoms with Gasteiger partial charge in [-0.05, 0) is 43.2 Å². The molecule has 3 nitrogen and oxygen atoms in total. The Bertz CT molecular complexity index is 515. The van der Waals surface area contributed by atoms with Crippen LogP contribution in [0.5, 0.6) is 0 Å². The third-order valence-corrected chi connectivity index (χ3v) is 4.61. The minimum absolute atomic E-state index is 0.532. The van der Waals surface area contributed by atoms with Gasteiger partial charge in [0.25, 0.3) is 0 Å². The molecule has 18 heavy (non-hydrogen) atoms.